The van der Waals surface area contributed by atoms with Gasteiger partial charge in [-0.15, -0.1) is 0 Å². The van der Waals surface area contributed by atoms with Gasteiger partial charge in [0.05, 0.1) is 5.41 Å². The van der Waals surface area contributed by atoms with Crippen LogP contribution in [0.4, 0.5) is 0 Å². The summed E-state index contributed by atoms with van der Waals surface area (Å²) in [5.41, 5.74) is 6.35. The second kappa shape index (κ2) is 5.06. The SMILES string of the molecule is CC(C)(CN)C(=O)N(Cc1ccncc1)C1CC1. The van der Waals surface area contributed by atoms with E-state index in [4.69, 9.17) is 5.73 Å². The van der Waals surface area contributed by atoms with Crippen molar-refractivity contribution in [3.05, 3.63) is 30.1 Å². The van der Waals surface area contributed by atoms with E-state index in [1.165, 1.54) is 0 Å². The first-order valence-electron chi connectivity index (χ1n) is 6.44. The molecule has 4 nitrogen and oxygen atoms in total. The molecule has 1 aromatic rings. The summed E-state index contributed by atoms with van der Waals surface area (Å²) in [5.74, 6) is 0.157. The molecule has 0 atom stereocenters. The number of hydrogen-bond acceptors (Lipinski definition) is 3. The average Bonchev–Trinajstić information content (AvgIpc) is 3.20. The number of aromatic nitrogens is 1. The Hall–Kier alpha value is -1.42. The van der Waals surface area contributed by atoms with Gasteiger partial charge in [0, 0.05) is 31.5 Å². The maximum Gasteiger partial charge on any atom is 0.230 e. The van der Waals surface area contributed by atoms with E-state index in [9.17, 15) is 4.79 Å². The van der Waals surface area contributed by atoms with Crippen molar-refractivity contribution >= 4 is 5.91 Å². The zero-order valence-electron chi connectivity index (χ0n) is 11.1. The number of rotatable bonds is 5. The van der Waals surface area contributed by atoms with Gasteiger partial charge in [0.15, 0.2) is 0 Å². The molecule has 0 radical (unpaired) electrons. The number of nitrogens with zero attached hydrogens (tertiary/aromatic N) is 2. The first-order chi connectivity index (χ1) is 8.54. The van der Waals surface area contributed by atoms with Crippen molar-refractivity contribution in [3.8, 4) is 0 Å². The molecular formula is C14H21N3O. The van der Waals surface area contributed by atoms with Gasteiger partial charge in [-0.25, -0.2) is 0 Å². The van der Waals surface area contributed by atoms with E-state index >= 15 is 0 Å². The largest absolute Gasteiger partial charge is 0.335 e. The lowest BCUT2D eigenvalue weighted by molar-refractivity contribution is -0.141. The molecular weight excluding hydrogens is 226 g/mol. The molecule has 0 saturated heterocycles. The van der Waals surface area contributed by atoms with Gasteiger partial charge in [-0.2, -0.15) is 0 Å². The molecule has 0 spiro atoms. The molecule has 1 aliphatic rings. The smallest absolute Gasteiger partial charge is 0.230 e. The Labute approximate surface area is 108 Å². The Morgan fingerprint density at radius 1 is 1.44 bits per heavy atom. The Kier molecular flexibility index (Phi) is 3.66. The summed E-state index contributed by atoms with van der Waals surface area (Å²) in [6.07, 6.45) is 5.74. The lowest BCUT2D eigenvalue weighted by Gasteiger charge is -2.31. The van der Waals surface area contributed by atoms with E-state index < -0.39 is 5.41 Å². The maximum atomic E-state index is 12.5. The highest BCUT2D eigenvalue weighted by atomic mass is 16.2. The molecule has 0 aliphatic heterocycles. The maximum absolute atomic E-state index is 12.5. The van der Waals surface area contributed by atoms with Crippen molar-refractivity contribution < 1.29 is 4.79 Å². The van der Waals surface area contributed by atoms with Crippen molar-refractivity contribution in [2.24, 2.45) is 11.1 Å². The Morgan fingerprint density at radius 3 is 2.56 bits per heavy atom. The first kappa shape index (κ1) is 13.0. The van der Waals surface area contributed by atoms with Gasteiger partial charge < -0.3 is 10.6 Å². The fourth-order valence-corrected chi connectivity index (χ4v) is 1.91. The summed E-state index contributed by atoms with van der Waals surface area (Å²) in [4.78, 5) is 18.5. The van der Waals surface area contributed by atoms with E-state index in [1.807, 2.05) is 30.9 Å². The minimum Gasteiger partial charge on any atom is -0.335 e. The van der Waals surface area contributed by atoms with E-state index in [0.717, 1.165) is 18.4 Å². The summed E-state index contributed by atoms with van der Waals surface area (Å²) >= 11 is 0. The summed E-state index contributed by atoms with van der Waals surface area (Å²) in [7, 11) is 0. The second-order valence-electron chi connectivity index (χ2n) is 5.61. The molecule has 2 N–H and O–H groups in total. The monoisotopic (exact) mass is 247 g/mol. The van der Waals surface area contributed by atoms with Gasteiger partial charge in [-0.3, -0.25) is 9.78 Å². The fraction of sp³-hybridized carbons (Fsp3) is 0.571. The topological polar surface area (TPSA) is 59.2 Å². The first-order valence-corrected chi connectivity index (χ1v) is 6.44. The van der Waals surface area contributed by atoms with Crippen LogP contribution >= 0.6 is 0 Å². The third-order valence-corrected chi connectivity index (χ3v) is 3.44. The van der Waals surface area contributed by atoms with E-state index in [1.54, 1.807) is 12.4 Å². The normalized spacial score (nSPS) is 15.5. The highest BCUT2D eigenvalue weighted by Gasteiger charge is 2.38. The molecule has 1 amide bonds. The number of amides is 1. The zero-order valence-corrected chi connectivity index (χ0v) is 11.1. The molecule has 0 bridgehead atoms. The van der Waals surface area contributed by atoms with Gasteiger partial charge >= 0.3 is 0 Å². The third-order valence-electron chi connectivity index (χ3n) is 3.44. The molecule has 1 fully saturated rings. The summed E-state index contributed by atoms with van der Waals surface area (Å²) < 4.78 is 0. The predicted molar refractivity (Wildman–Crippen MR) is 70.6 cm³/mol. The molecule has 0 aromatic carbocycles. The number of carbonyl (C=O) groups excluding carboxylic acids is 1. The summed E-state index contributed by atoms with van der Waals surface area (Å²) in [6.45, 7) is 4.87. The van der Waals surface area contributed by atoms with Crippen LogP contribution in [0.1, 0.15) is 32.3 Å². The van der Waals surface area contributed by atoms with Crippen molar-refractivity contribution in [1.29, 1.82) is 0 Å². The van der Waals surface area contributed by atoms with Gasteiger partial charge in [0.1, 0.15) is 0 Å². The van der Waals surface area contributed by atoms with Crippen LogP contribution in [0, 0.1) is 5.41 Å². The minimum absolute atomic E-state index is 0.157. The Balaban J connectivity index is 2.12. The number of hydrogen-bond donors (Lipinski definition) is 1. The van der Waals surface area contributed by atoms with Crippen molar-refractivity contribution in [2.45, 2.75) is 39.3 Å². The quantitative estimate of drug-likeness (QED) is 0.859. The van der Waals surface area contributed by atoms with Crippen LogP contribution in [-0.4, -0.2) is 28.4 Å². The molecule has 98 valence electrons. The second-order valence-corrected chi connectivity index (χ2v) is 5.61. The third kappa shape index (κ3) is 2.88. The van der Waals surface area contributed by atoms with Crippen molar-refractivity contribution in [2.75, 3.05) is 6.54 Å². The Bertz CT molecular complexity index is 412. The molecule has 18 heavy (non-hydrogen) atoms. The van der Waals surface area contributed by atoms with E-state index in [2.05, 4.69) is 4.98 Å². The van der Waals surface area contributed by atoms with Crippen LogP contribution in [-0.2, 0) is 11.3 Å². The van der Waals surface area contributed by atoms with Crippen LogP contribution < -0.4 is 5.73 Å². The molecule has 2 rings (SSSR count). The lowest BCUT2D eigenvalue weighted by atomic mass is 9.91. The van der Waals surface area contributed by atoms with Crippen molar-refractivity contribution in [3.63, 3.8) is 0 Å². The summed E-state index contributed by atoms with van der Waals surface area (Å²) in [6, 6.07) is 4.31. The number of pyridine rings is 1. The fourth-order valence-electron chi connectivity index (χ4n) is 1.91. The van der Waals surface area contributed by atoms with Crippen LogP contribution in [0.5, 0.6) is 0 Å². The van der Waals surface area contributed by atoms with Crippen LogP contribution in [0.25, 0.3) is 0 Å². The van der Waals surface area contributed by atoms with E-state index in [0.29, 0.717) is 19.1 Å². The summed E-state index contributed by atoms with van der Waals surface area (Å²) in [5, 5.41) is 0. The molecule has 1 aromatic heterocycles. The molecule has 1 saturated carbocycles. The van der Waals surface area contributed by atoms with Crippen LogP contribution in [0.3, 0.4) is 0 Å². The highest BCUT2D eigenvalue weighted by molar-refractivity contribution is 5.82. The molecule has 1 heterocycles. The van der Waals surface area contributed by atoms with Gasteiger partial charge in [-0.05, 0) is 44.4 Å². The predicted octanol–water partition coefficient (Wildman–Crippen LogP) is 1.56. The van der Waals surface area contributed by atoms with Crippen molar-refractivity contribution in [1.82, 2.24) is 9.88 Å². The number of nitrogens with two attached hydrogens (primary N) is 1. The minimum atomic E-state index is -0.477. The van der Waals surface area contributed by atoms with Crippen LogP contribution in [0.15, 0.2) is 24.5 Å². The van der Waals surface area contributed by atoms with Gasteiger partial charge in [0.25, 0.3) is 0 Å². The highest BCUT2D eigenvalue weighted by Crippen LogP contribution is 2.32. The molecule has 1 aliphatic carbocycles. The van der Waals surface area contributed by atoms with Gasteiger partial charge in [0.2, 0.25) is 5.91 Å². The van der Waals surface area contributed by atoms with E-state index in [-0.39, 0.29) is 5.91 Å². The number of carbonyl (C=O) groups is 1. The molecule has 0 unspecified atom stereocenters. The average molecular weight is 247 g/mol. The molecule has 4 heteroatoms. The standard InChI is InChI=1S/C14H21N3O/c1-14(2,10-15)13(18)17(12-3-4-12)9-11-5-7-16-8-6-11/h5-8,12H,3-4,9-10,15H2,1-2H3. The lowest BCUT2D eigenvalue weighted by Crippen LogP contribution is -2.45. The Morgan fingerprint density at radius 2 is 2.06 bits per heavy atom. The van der Waals surface area contributed by atoms with Crippen LogP contribution in [0.2, 0.25) is 0 Å². The van der Waals surface area contributed by atoms with Gasteiger partial charge in [-0.1, -0.05) is 0 Å². The zero-order chi connectivity index (χ0) is 13.2.